The van der Waals surface area contributed by atoms with Gasteiger partial charge in [-0.05, 0) is 30.7 Å². The SMILES string of the molecule is O=S(=O)(c1ccc(Cl)c(Cl)c1)N1CCC(O)c2ccccc21. The van der Waals surface area contributed by atoms with Gasteiger partial charge in [-0.2, -0.15) is 0 Å². The number of hydrogen-bond donors (Lipinski definition) is 1. The van der Waals surface area contributed by atoms with Crippen molar-refractivity contribution < 1.29 is 13.5 Å². The second-order valence-corrected chi connectivity index (χ2v) is 7.69. The second kappa shape index (κ2) is 5.74. The highest BCUT2D eigenvalue weighted by Gasteiger charge is 2.32. The Labute approximate surface area is 138 Å². The molecule has 0 fully saturated rings. The number of fused-ring (bicyclic) bond motifs is 1. The summed E-state index contributed by atoms with van der Waals surface area (Å²) >= 11 is 11.8. The Bertz CT molecular complexity index is 823. The van der Waals surface area contributed by atoms with Crippen LogP contribution in [0, 0.1) is 0 Å². The molecule has 1 aliphatic heterocycles. The van der Waals surface area contributed by atoms with Gasteiger partial charge in [-0.1, -0.05) is 41.4 Å². The molecule has 1 atom stereocenters. The van der Waals surface area contributed by atoms with Crippen LogP contribution in [-0.4, -0.2) is 20.1 Å². The summed E-state index contributed by atoms with van der Waals surface area (Å²) in [4.78, 5) is 0.0769. The Morgan fingerprint density at radius 1 is 1.09 bits per heavy atom. The maximum Gasteiger partial charge on any atom is 0.264 e. The van der Waals surface area contributed by atoms with Gasteiger partial charge in [0.05, 0.1) is 26.7 Å². The third-order valence-electron chi connectivity index (χ3n) is 3.65. The van der Waals surface area contributed by atoms with Crippen molar-refractivity contribution in [2.75, 3.05) is 10.8 Å². The van der Waals surface area contributed by atoms with E-state index < -0.39 is 16.1 Å². The third kappa shape index (κ3) is 2.58. The van der Waals surface area contributed by atoms with Gasteiger partial charge in [0.1, 0.15) is 0 Å². The zero-order valence-corrected chi connectivity index (χ0v) is 13.7. The predicted molar refractivity (Wildman–Crippen MR) is 87.0 cm³/mol. The van der Waals surface area contributed by atoms with Crippen LogP contribution in [0.15, 0.2) is 47.4 Å². The van der Waals surface area contributed by atoms with Gasteiger partial charge in [-0.3, -0.25) is 4.31 Å². The number of benzene rings is 2. The Kier molecular flexibility index (Phi) is 4.07. The molecule has 7 heteroatoms. The molecule has 0 saturated carbocycles. The average molecular weight is 358 g/mol. The van der Waals surface area contributed by atoms with Crippen LogP contribution in [0.4, 0.5) is 5.69 Å². The van der Waals surface area contributed by atoms with Crippen LogP contribution in [0.1, 0.15) is 18.1 Å². The number of hydrogen-bond acceptors (Lipinski definition) is 3. The second-order valence-electron chi connectivity index (χ2n) is 5.02. The van der Waals surface area contributed by atoms with E-state index >= 15 is 0 Å². The zero-order valence-electron chi connectivity index (χ0n) is 11.4. The molecule has 0 bridgehead atoms. The fraction of sp³-hybridized carbons (Fsp3) is 0.200. The minimum absolute atomic E-state index is 0.0769. The lowest BCUT2D eigenvalue weighted by Crippen LogP contribution is -2.36. The summed E-state index contributed by atoms with van der Waals surface area (Å²) in [5.74, 6) is 0. The number of halogens is 2. The molecule has 3 rings (SSSR count). The summed E-state index contributed by atoms with van der Waals surface area (Å²) < 4.78 is 27.0. The lowest BCUT2D eigenvalue weighted by Gasteiger charge is -2.32. The number of sulfonamides is 1. The highest BCUT2D eigenvalue weighted by molar-refractivity contribution is 7.92. The van der Waals surface area contributed by atoms with Crippen molar-refractivity contribution in [3.63, 3.8) is 0 Å². The molecular formula is C15H13Cl2NO3S. The Balaban J connectivity index is 2.10. The average Bonchev–Trinajstić information content (AvgIpc) is 2.50. The predicted octanol–water partition coefficient (Wildman–Crippen LogP) is 3.63. The van der Waals surface area contributed by atoms with Gasteiger partial charge in [0.15, 0.2) is 0 Å². The normalized spacial score (nSPS) is 18.1. The van der Waals surface area contributed by atoms with E-state index in [-0.39, 0.29) is 16.5 Å². The number of rotatable bonds is 2. The molecule has 0 amide bonds. The van der Waals surface area contributed by atoms with Crippen molar-refractivity contribution >= 4 is 38.9 Å². The van der Waals surface area contributed by atoms with E-state index in [1.165, 1.54) is 22.5 Å². The molecular weight excluding hydrogens is 345 g/mol. The first-order chi connectivity index (χ1) is 10.4. The van der Waals surface area contributed by atoms with Crippen LogP contribution in [0.25, 0.3) is 0 Å². The highest BCUT2D eigenvalue weighted by atomic mass is 35.5. The van der Waals surface area contributed by atoms with E-state index in [4.69, 9.17) is 23.2 Å². The summed E-state index contributed by atoms with van der Waals surface area (Å²) in [6.45, 7) is 0.209. The Morgan fingerprint density at radius 2 is 1.82 bits per heavy atom. The van der Waals surface area contributed by atoms with Crippen LogP contribution in [0.3, 0.4) is 0 Å². The molecule has 1 heterocycles. The van der Waals surface area contributed by atoms with Crippen LogP contribution in [0.2, 0.25) is 10.0 Å². The number of para-hydroxylation sites is 1. The first kappa shape index (κ1) is 15.6. The van der Waals surface area contributed by atoms with E-state index in [0.29, 0.717) is 22.7 Å². The van der Waals surface area contributed by atoms with Crippen molar-refractivity contribution in [2.24, 2.45) is 0 Å². The number of aliphatic hydroxyl groups excluding tert-OH is 1. The van der Waals surface area contributed by atoms with Crippen LogP contribution in [0.5, 0.6) is 0 Å². The first-order valence-electron chi connectivity index (χ1n) is 6.66. The quantitative estimate of drug-likeness (QED) is 0.892. The molecule has 0 aliphatic carbocycles. The van der Waals surface area contributed by atoms with Crippen molar-refractivity contribution in [3.8, 4) is 0 Å². The fourth-order valence-corrected chi connectivity index (χ4v) is 4.42. The summed E-state index contributed by atoms with van der Waals surface area (Å²) in [6, 6.07) is 11.2. The summed E-state index contributed by atoms with van der Waals surface area (Å²) in [6.07, 6.45) is -0.311. The monoisotopic (exact) mass is 357 g/mol. The molecule has 0 saturated heterocycles. The van der Waals surface area contributed by atoms with E-state index in [2.05, 4.69) is 0 Å². The molecule has 1 unspecified atom stereocenters. The fourth-order valence-electron chi connectivity index (χ4n) is 2.53. The van der Waals surface area contributed by atoms with Gasteiger partial charge in [-0.25, -0.2) is 8.42 Å². The van der Waals surface area contributed by atoms with Gasteiger partial charge >= 0.3 is 0 Å². The summed E-state index contributed by atoms with van der Waals surface area (Å²) in [7, 11) is -3.76. The molecule has 116 valence electrons. The van der Waals surface area contributed by atoms with Crippen LogP contribution < -0.4 is 4.31 Å². The van der Waals surface area contributed by atoms with E-state index in [1.54, 1.807) is 24.3 Å². The number of nitrogens with zero attached hydrogens (tertiary/aromatic N) is 1. The summed E-state index contributed by atoms with van der Waals surface area (Å²) in [5, 5.41) is 10.5. The molecule has 1 aliphatic rings. The molecule has 4 nitrogen and oxygen atoms in total. The number of aliphatic hydroxyl groups is 1. The van der Waals surface area contributed by atoms with Gasteiger partial charge in [-0.15, -0.1) is 0 Å². The van der Waals surface area contributed by atoms with Crippen molar-refractivity contribution in [1.82, 2.24) is 0 Å². The Morgan fingerprint density at radius 3 is 2.55 bits per heavy atom. The zero-order chi connectivity index (χ0) is 15.9. The topological polar surface area (TPSA) is 57.6 Å². The molecule has 0 spiro atoms. The van der Waals surface area contributed by atoms with Crippen molar-refractivity contribution in [2.45, 2.75) is 17.4 Å². The highest BCUT2D eigenvalue weighted by Crippen LogP contribution is 2.37. The van der Waals surface area contributed by atoms with Gasteiger partial charge in [0.25, 0.3) is 10.0 Å². The van der Waals surface area contributed by atoms with Gasteiger partial charge in [0, 0.05) is 12.1 Å². The van der Waals surface area contributed by atoms with E-state index in [0.717, 1.165) is 0 Å². The smallest absolute Gasteiger partial charge is 0.264 e. The molecule has 0 aromatic heterocycles. The molecule has 2 aromatic rings. The largest absolute Gasteiger partial charge is 0.388 e. The minimum Gasteiger partial charge on any atom is -0.388 e. The molecule has 1 N–H and O–H groups in total. The minimum atomic E-state index is -3.76. The standard InChI is InChI=1S/C15H13Cl2NO3S/c16-12-6-5-10(9-13(12)17)22(20,21)18-8-7-15(19)11-3-1-2-4-14(11)18/h1-6,9,15,19H,7-8H2. The Hall–Kier alpha value is -1.27. The molecule has 0 radical (unpaired) electrons. The first-order valence-corrected chi connectivity index (χ1v) is 8.85. The lowest BCUT2D eigenvalue weighted by molar-refractivity contribution is 0.166. The van der Waals surface area contributed by atoms with Crippen LogP contribution in [-0.2, 0) is 10.0 Å². The number of anilines is 1. The van der Waals surface area contributed by atoms with E-state index in [9.17, 15) is 13.5 Å². The third-order valence-corrected chi connectivity index (χ3v) is 6.20. The van der Waals surface area contributed by atoms with Crippen molar-refractivity contribution in [3.05, 3.63) is 58.1 Å². The van der Waals surface area contributed by atoms with Crippen molar-refractivity contribution in [1.29, 1.82) is 0 Å². The maximum absolute atomic E-state index is 12.9. The van der Waals surface area contributed by atoms with Gasteiger partial charge < -0.3 is 5.11 Å². The maximum atomic E-state index is 12.9. The molecule has 22 heavy (non-hydrogen) atoms. The molecule has 2 aromatic carbocycles. The van der Waals surface area contributed by atoms with E-state index in [1.807, 2.05) is 0 Å². The van der Waals surface area contributed by atoms with Gasteiger partial charge in [0.2, 0.25) is 0 Å². The lowest BCUT2D eigenvalue weighted by atomic mass is 10.0. The summed E-state index contributed by atoms with van der Waals surface area (Å²) in [5.41, 5.74) is 1.10. The van der Waals surface area contributed by atoms with Crippen LogP contribution >= 0.6 is 23.2 Å².